The normalized spacial score (nSPS) is 11.9. The number of rotatable bonds is 14. The van der Waals surface area contributed by atoms with Gasteiger partial charge in [-0.05, 0) is 34.3 Å². The molecule has 24 heavy (non-hydrogen) atoms. The van der Waals surface area contributed by atoms with Crippen molar-refractivity contribution in [3.63, 3.8) is 0 Å². The Morgan fingerprint density at radius 3 is 1.12 bits per heavy atom. The smallest absolute Gasteiger partial charge is 0.304 e. The molecule has 0 aromatic rings. The summed E-state index contributed by atoms with van der Waals surface area (Å²) >= 11 is 6.14. The van der Waals surface area contributed by atoms with Gasteiger partial charge in [-0.25, -0.2) is 9.13 Å². The molecule has 0 N–H and O–H groups in total. The van der Waals surface area contributed by atoms with Crippen molar-refractivity contribution in [3.05, 3.63) is 0 Å². The average molecular weight is 461 g/mol. The lowest BCUT2D eigenvalue weighted by Crippen LogP contribution is -1.88. The molecule has 12 heteroatoms. The van der Waals surface area contributed by atoms with Crippen molar-refractivity contribution < 1.29 is 27.2 Å². The third kappa shape index (κ3) is 15.9. The van der Waals surface area contributed by atoms with Crippen molar-refractivity contribution in [1.82, 2.24) is 0 Å². The summed E-state index contributed by atoms with van der Waals surface area (Å²) in [6.45, 7) is -1.44. The molecule has 0 radical (unpaired) electrons. The van der Waals surface area contributed by atoms with Gasteiger partial charge in [0.1, 0.15) is 0 Å². The van der Waals surface area contributed by atoms with Crippen LogP contribution in [0.5, 0.6) is 0 Å². The number of hydrogen-bond acceptors (Lipinski definition) is 10. The number of hydrogen-bond donors (Lipinski definition) is 0. The van der Waals surface area contributed by atoms with Crippen LogP contribution in [0.25, 0.3) is 0 Å². The van der Waals surface area contributed by atoms with Crippen molar-refractivity contribution in [3.8, 4) is 0 Å². The fraction of sp³-hybridized carbons (Fsp3) is 1.00. The maximum absolute atomic E-state index is 11.4. The highest BCUT2D eigenvalue weighted by atomic mass is 32.7. The van der Waals surface area contributed by atoms with Crippen LogP contribution < -0.4 is 0 Å². The lowest BCUT2D eigenvalue weighted by molar-refractivity contribution is 0.294. The molecule has 0 atom stereocenters. The molecule has 0 aromatic heterocycles. The van der Waals surface area contributed by atoms with Gasteiger partial charge in [0, 0.05) is 51.5 Å². The predicted molar refractivity (Wildman–Crippen MR) is 114 cm³/mol. The van der Waals surface area contributed by atoms with Gasteiger partial charge in [0.2, 0.25) is 0 Å². The zero-order valence-corrected chi connectivity index (χ0v) is 20.3. The highest BCUT2D eigenvalue weighted by molar-refractivity contribution is 8.55. The second-order valence-corrected chi connectivity index (χ2v) is 15.3. The van der Waals surface area contributed by atoms with E-state index in [0.29, 0.717) is 0 Å². The summed E-state index contributed by atoms with van der Waals surface area (Å²) < 4.78 is 41.9. The summed E-state index contributed by atoms with van der Waals surface area (Å²) in [5.41, 5.74) is 0. The van der Waals surface area contributed by atoms with E-state index in [0.717, 1.165) is 34.5 Å². The summed E-state index contributed by atoms with van der Waals surface area (Å²) in [5, 5.41) is 0. The third-order valence-electron chi connectivity index (χ3n) is 2.26. The van der Waals surface area contributed by atoms with E-state index in [9.17, 15) is 9.13 Å². The first-order valence-corrected chi connectivity index (χ1v) is 15.8. The zero-order valence-electron chi connectivity index (χ0n) is 15.2. The second kappa shape index (κ2) is 18.1. The maximum Gasteiger partial charge on any atom is 0.388 e. The summed E-state index contributed by atoms with van der Waals surface area (Å²) in [4.78, 5) is 0. The van der Waals surface area contributed by atoms with E-state index < -0.39 is 13.6 Å². The molecule has 0 spiro atoms. The fourth-order valence-corrected chi connectivity index (χ4v) is 8.30. The Hall–Kier alpha value is 1.70. The largest absolute Gasteiger partial charge is 0.388 e. The first-order chi connectivity index (χ1) is 11.4. The lowest BCUT2D eigenvalue weighted by atomic mass is 10.9. The predicted octanol–water partition coefficient (Wildman–Crippen LogP) is 5.75. The highest BCUT2D eigenvalue weighted by Gasteiger charge is 2.21. The van der Waals surface area contributed by atoms with Crippen molar-refractivity contribution in [1.29, 1.82) is 0 Å². The molecule has 0 aliphatic heterocycles. The van der Waals surface area contributed by atoms with E-state index in [2.05, 4.69) is 13.8 Å². The van der Waals surface area contributed by atoms with Crippen LogP contribution in [0.2, 0.25) is 0 Å². The molecule has 0 aromatic carbocycles. The van der Waals surface area contributed by atoms with Crippen LogP contribution in [0.1, 0.15) is 13.8 Å². The molecule has 0 fully saturated rings. The van der Waals surface area contributed by atoms with Crippen LogP contribution in [0.15, 0.2) is 0 Å². The molecular weight excluding hydrogens is 430 g/mol. The van der Waals surface area contributed by atoms with Gasteiger partial charge in [-0.15, -0.1) is 0 Å². The van der Waals surface area contributed by atoms with E-state index in [1.54, 1.807) is 0 Å². The molecule has 0 rings (SSSR count). The third-order valence-corrected chi connectivity index (χ3v) is 12.6. The van der Waals surface area contributed by atoms with Crippen molar-refractivity contribution in [2.75, 3.05) is 63.0 Å². The topological polar surface area (TPSA) is 71.1 Å². The molecule has 0 heterocycles. The molecule has 0 saturated carbocycles. The first-order valence-electron chi connectivity index (χ1n) is 7.24. The number of thioether (sulfide) groups is 2. The molecule has 0 saturated heterocycles. The van der Waals surface area contributed by atoms with Crippen LogP contribution in [0.4, 0.5) is 0 Å². The SMILES string of the molecule is CCSCCSP(=O)(OC)OC.CCSCCSP(=O)(OC)OC. The van der Waals surface area contributed by atoms with Crippen LogP contribution in [0.3, 0.4) is 0 Å². The molecular formula is C12H30O6P2S4. The minimum absolute atomic E-state index is 0.803. The Kier molecular flexibility index (Phi) is 21.0. The van der Waals surface area contributed by atoms with E-state index >= 15 is 0 Å². The Labute approximate surface area is 163 Å². The molecule has 0 aliphatic rings. The Morgan fingerprint density at radius 1 is 0.625 bits per heavy atom. The van der Waals surface area contributed by atoms with Gasteiger partial charge in [-0.2, -0.15) is 23.5 Å². The first kappa shape index (κ1) is 27.9. The van der Waals surface area contributed by atoms with Gasteiger partial charge in [0.05, 0.1) is 0 Å². The minimum Gasteiger partial charge on any atom is -0.304 e. The lowest BCUT2D eigenvalue weighted by Gasteiger charge is -2.11. The summed E-state index contributed by atoms with van der Waals surface area (Å²) in [6.07, 6.45) is 0. The van der Waals surface area contributed by atoms with Crippen molar-refractivity contribution >= 4 is 59.9 Å². The van der Waals surface area contributed by atoms with Gasteiger partial charge in [0.15, 0.2) is 0 Å². The van der Waals surface area contributed by atoms with Gasteiger partial charge < -0.3 is 18.1 Å². The second-order valence-electron chi connectivity index (χ2n) is 3.69. The van der Waals surface area contributed by atoms with Crippen molar-refractivity contribution in [2.45, 2.75) is 13.8 Å². The Bertz CT molecular complexity index is 325. The van der Waals surface area contributed by atoms with Crippen LogP contribution in [0, 0.1) is 0 Å². The van der Waals surface area contributed by atoms with E-state index in [1.165, 1.54) is 51.2 Å². The van der Waals surface area contributed by atoms with Gasteiger partial charge in [-0.3, -0.25) is 0 Å². The molecule has 0 aliphatic carbocycles. The quantitative estimate of drug-likeness (QED) is 0.236. The Balaban J connectivity index is 0. The van der Waals surface area contributed by atoms with Crippen LogP contribution in [-0.4, -0.2) is 63.0 Å². The minimum atomic E-state index is -2.82. The average Bonchev–Trinajstić information content (AvgIpc) is 2.62. The van der Waals surface area contributed by atoms with Crippen molar-refractivity contribution in [2.24, 2.45) is 0 Å². The van der Waals surface area contributed by atoms with Crippen LogP contribution >= 0.6 is 59.9 Å². The van der Waals surface area contributed by atoms with E-state index in [-0.39, 0.29) is 0 Å². The molecule has 6 nitrogen and oxygen atoms in total. The van der Waals surface area contributed by atoms with E-state index in [4.69, 9.17) is 18.1 Å². The zero-order chi connectivity index (χ0) is 18.9. The summed E-state index contributed by atoms with van der Waals surface area (Å²) in [7, 11) is 5.63. The molecule has 0 unspecified atom stereocenters. The summed E-state index contributed by atoms with van der Waals surface area (Å²) in [5.74, 6) is 5.75. The van der Waals surface area contributed by atoms with Crippen LogP contribution in [-0.2, 0) is 27.2 Å². The van der Waals surface area contributed by atoms with Gasteiger partial charge >= 0.3 is 13.6 Å². The maximum atomic E-state index is 11.4. The fourth-order valence-electron chi connectivity index (χ4n) is 1.06. The van der Waals surface area contributed by atoms with E-state index in [1.807, 2.05) is 23.5 Å². The highest BCUT2D eigenvalue weighted by Crippen LogP contribution is 2.59. The molecule has 0 amide bonds. The monoisotopic (exact) mass is 460 g/mol. The molecule has 148 valence electrons. The van der Waals surface area contributed by atoms with Gasteiger partial charge in [0.25, 0.3) is 0 Å². The standard InChI is InChI=1S/2C6H15O3PS2/c2*1-4-11-5-6-12-10(7,8-2)9-3/h2*4-6H2,1-3H3. The van der Waals surface area contributed by atoms with Gasteiger partial charge in [-0.1, -0.05) is 13.8 Å². The Morgan fingerprint density at radius 2 is 0.917 bits per heavy atom. The molecule has 0 bridgehead atoms. The summed E-state index contributed by atoms with van der Waals surface area (Å²) in [6, 6.07) is 0.